The van der Waals surface area contributed by atoms with Crippen molar-refractivity contribution in [1.29, 1.82) is 0 Å². The van der Waals surface area contributed by atoms with Crippen molar-refractivity contribution in [2.75, 3.05) is 0 Å². The molecule has 18 heavy (non-hydrogen) atoms. The first-order chi connectivity index (χ1) is 8.56. The first-order valence-corrected chi connectivity index (χ1v) is 5.64. The van der Waals surface area contributed by atoms with Gasteiger partial charge in [-0.15, -0.1) is 10.2 Å². The molecular weight excluding hydrogens is 232 g/mol. The smallest absolute Gasteiger partial charge is 0.304 e. The van der Waals surface area contributed by atoms with Crippen molar-refractivity contribution in [1.82, 2.24) is 10.2 Å². The summed E-state index contributed by atoms with van der Waals surface area (Å²) in [4.78, 5) is 11.0. The third-order valence-electron chi connectivity index (χ3n) is 2.66. The zero-order valence-electron chi connectivity index (χ0n) is 10.3. The molecule has 0 radical (unpaired) electrons. The molecule has 94 valence electrons. The number of benzene rings is 1. The molecule has 0 amide bonds. The zero-order chi connectivity index (χ0) is 13.1. The van der Waals surface area contributed by atoms with Gasteiger partial charge in [-0.3, -0.25) is 4.79 Å². The normalized spacial score (nSPS) is 12.3. The van der Waals surface area contributed by atoms with E-state index in [1.807, 2.05) is 31.2 Å². The molecule has 1 N–H and O–H groups in total. The van der Waals surface area contributed by atoms with Gasteiger partial charge in [0.25, 0.3) is 0 Å². The number of aromatic nitrogens is 2. The van der Waals surface area contributed by atoms with Gasteiger partial charge in [-0.25, -0.2) is 0 Å². The first-order valence-electron chi connectivity index (χ1n) is 5.64. The van der Waals surface area contributed by atoms with Crippen molar-refractivity contribution < 1.29 is 14.3 Å². The fraction of sp³-hybridized carbons (Fsp3) is 0.308. The molecule has 0 aliphatic carbocycles. The Morgan fingerprint density at radius 1 is 1.39 bits per heavy atom. The molecule has 0 aliphatic rings. The standard InChI is InChI=1S/C13H14N2O3/c1-8-4-3-5-10(6-8)11(7-12(16)17)13-15-14-9(2)18-13/h3-6,11H,7H2,1-2H3,(H,16,17). The summed E-state index contributed by atoms with van der Waals surface area (Å²) in [7, 11) is 0. The van der Waals surface area contributed by atoms with Crippen LogP contribution in [-0.2, 0) is 4.79 Å². The zero-order valence-corrected chi connectivity index (χ0v) is 10.3. The largest absolute Gasteiger partial charge is 0.481 e. The highest BCUT2D eigenvalue weighted by Crippen LogP contribution is 2.27. The number of aryl methyl sites for hydroxylation is 2. The maximum atomic E-state index is 11.0. The van der Waals surface area contributed by atoms with E-state index >= 15 is 0 Å². The van der Waals surface area contributed by atoms with Crippen molar-refractivity contribution in [3.63, 3.8) is 0 Å². The van der Waals surface area contributed by atoms with Gasteiger partial charge in [0.2, 0.25) is 11.8 Å². The van der Waals surface area contributed by atoms with Crippen LogP contribution in [0.15, 0.2) is 28.7 Å². The van der Waals surface area contributed by atoms with Gasteiger partial charge in [-0.2, -0.15) is 0 Å². The van der Waals surface area contributed by atoms with E-state index in [9.17, 15) is 4.79 Å². The number of carboxylic acid groups (broad SMARTS) is 1. The molecule has 1 heterocycles. The Kier molecular flexibility index (Phi) is 3.41. The van der Waals surface area contributed by atoms with Crippen LogP contribution in [0.25, 0.3) is 0 Å². The maximum absolute atomic E-state index is 11.0. The van der Waals surface area contributed by atoms with Gasteiger partial charge in [0.05, 0.1) is 12.3 Å². The van der Waals surface area contributed by atoms with Crippen molar-refractivity contribution in [2.24, 2.45) is 0 Å². The second kappa shape index (κ2) is 5.00. The monoisotopic (exact) mass is 246 g/mol. The highest BCUT2D eigenvalue weighted by atomic mass is 16.4. The molecule has 5 heteroatoms. The number of rotatable bonds is 4. The number of hydrogen-bond acceptors (Lipinski definition) is 4. The lowest BCUT2D eigenvalue weighted by Crippen LogP contribution is -2.08. The minimum Gasteiger partial charge on any atom is -0.481 e. The van der Waals surface area contributed by atoms with Crippen LogP contribution < -0.4 is 0 Å². The molecule has 0 aliphatic heterocycles. The average molecular weight is 246 g/mol. The molecule has 0 saturated carbocycles. The maximum Gasteiger partial charge on any atom is 0.304 e. The van der Waals surface area contributed by atoms with Crippen LogP contribution in [0, 0.1) is 13.8 Å². The van der Waals surface area contributed by atoms with Crippen LogP contribution in [-0.4, -0.2) is 21.3 Å². The second-order valence-electron chi connectivity index (χ2n) is 4.22. The Morgan fingerprint density at radius 2 is 2.17 bits per heavy atom. The Morgan fingerprint density at radius 3 is 2.72 bits per heavy atom. The quantitative estimate of drug-likeness (QED) is 0.895. The van der Waals surface area contributed by atoms with Crippen LogP contribution in [0.1, 0.15) is 35.2 Å². The van der Waals surface area contributed by atoms with E-state index in [0.717, 1.165) is 11.1 Å². The Hall–Kier alpha value is -2.17. The average Bonchev–Trinajstić information content (AvgIpc) is 2.72. The molecule has 1 atom stereocenters. The molecule has 2 aromatic rings. The fourth-order valence-corrected chi connectivity index (χ4v) is 1.86. The van der Waals surface area contributed by atoms with Crippen molar-refractivity contribution in [3.05, 3.63) is 47.2 Å². The van der Waals surface area contributed by atoms with E-state index in [4.69, 9.17) is 9.52 Å². The van der Waals surface area contributed by atoms with E-state index in [1.54, 1.807) is 6.92 Å². The number of carbonyl (C=O) groups is 1. The van der Waals surface area contributed by atoms with Gasteiger partial charge in [-0.1, -0.05) is 29.8 Å². The number of hydrogen-bond donors (Lipinski definition) is 1. The summed E-state index contributed by atoms with van der Waals surface area (Å²) in [5.41, 5.74) is 1.94. The molecule has 0 saturated heterocycles. The first kappa shape index (κ1) is 12.3. The summed E-state index contributed by atoms with van der Waals surface area (Å²) in [6.07, 6.45) is -0.0644. The summed E-state index contributed by atoms with van der Waals surface area (Å²) < 4.78 is 5.36. The molecule has 1 aromatic heterocycles. The van der Waals surface area contributed by atoms with E-state index in [-0.39, 0.29) is 6.42 Å². The van der Waals surface area contributed by atoms with Gasteiger partial charge in [0.15, 0.2) is 0 Å². The molecule has 1 aromatic carbocycles. The Labute approximate surface area is 104 Å². The van der Waals surface area contributed by atoms with Crippen LogP contribution >= 0.6 is 0 Å². The fourth-order valence-electron chi connectivity index (χ4n) is 1.86. The summed E-state index contributed by atoms with van der Waals surface area (Å²) >= 11 is 0. The minimum absolute atomic E-state index is 0.0644. The van der Waals surface area contributed by atoms with E-state index in [0.29, 0.717) is 11.8 Å². The predicted octanol–water partition coefficient (Wildman–Crippen LogP) is 2.29. The lowest BCUT2D eigenvalue weighted by molar-refractivity contribution is -0.137. The van der Waals surface area contributed by atoms with Crippen LogP contribution in [0.3, 0.4) is 0 Å². The second-order valence-corrected chi connectivity index (χ2v) is 4.22. The SMILES string of the molecule is Cc1cccc(C(CC(=O)O)c2nnc(C)o2)c1. The molecule has 5 nitrogen and oxygen atoms in total. The van der Waals surface area contributed by atoms with Gasteiger partial charge >= 0.3 is 5.97 Å². The summed E-state index contributed by atoms with van der Waals surface area (Å²) in [6, 6.07) is 7.66. The highest BCUT2D eigenvalue weighted by molar-refractivity contribution is 5.68. The summed E-state index contributed by atoms with van der Waals surface area (Å²) in [5, 5.41) is 16.7. The highest BCUT2D eigenvalue weighted by Gasteiger charge is 2.23. The Bertz CT molecular complexity index is 563. The van der Waals surface area contributed by atoms with Gasteiger partial charge in [0, 0.05) is 6.92 Å². The van der Waals surface area contributed by atoms with Crippen LogP contribution in [0.4, 0.5) is 0 Å². The molecule has 2 rings (SSSR count). The number of nitrogens with zero attached hydrogens (tertiary/aromatic N) is 2. The third kappa shape index (κ3) is 2.74. The summed E-state index contributed by atoms with van der Waals surface area (Å²) in [5.74, 6) is -0.505. The number of carboxylic acids is 1. The van der Waals surface area contributed by atoms with Crippen molar-refractivity contribution >= 4 is 5.97 Å². The molecule has 0 bridgehead atoms. The van der Waals surface area contributed by atoms with Crippen molar-refractivity contribution in [3.8, 4) is 0 Å². The van der Waals surface area contributed by atoms with E-state index in [2.05, 4.69) is 10.2 Å². The molecule has 0 spiro atoms. The lowest BCUT2D eigenvalue weighted by atomic mass is 9.94. The third-order valence-corrected chi connectivity index (χ3v) is 2.66. The Balaban J connectivity index is 2.39. The van der Waals surface area contributed by atoms with E-state index in [1.165, 1.54) is 0 Å². The lowest BCUT2D eigenvalue weighted by Gasteiger charge is -2.11. The molecule has 0 fully saturated rings. The van der Waals surface area contributed by atoms with Crippen LogP contribution in [0.5, 0.6) is 0 Å². The summed E-state index contributed by atoms with van der Waals surface area (Å²) in [6.45, 7) is 3.64. The van der Waals surface area contributed by atoms with Gasteiger partial charge in [0.1, 0.15) is 0 Å². The van der Waals surface area contributed by atoms with Gasteiger partial charge < -0.3 is 9.52 Å². The predicted molar refractivity (Wildman–Crippen MR) is 64.3 cm³/mol. The minimum atomic E-state index is -0.891. The van der Waals surface area contributed by atoms with Gasteiger partial charge in [-0.05, 0) is 12.5 Å². The molecular formula is C13H14N2O3. The topological polar surface area (TPSA) is 76.2 Å². The van der Waals surface area contributed by atoms with E-state index < -0.39 is 11.9 Å². The van der Waals surface area contributed by atoms with Crippen molar-refractivity contribution in [2.45, 2.75) is 26.2 Å². The van der Waals surface area contributed by atoms with Crippen LogP contribution in [0.2, 0.25) is 0 Å². The number of aliphatic carboxylic acids is 1. The molecule has 1 unspecified atom stereocenters.